The minimum Gasteiger partial charge on any atom is -0.477 e. The maximum absolute atomic E-state index is 13.4. The van der Waals surface area contributed by atoms with Gasteiger partial charge in [-0.15, -0.1) is 0 Å². The molecule has 5 rings (SSSR count). The number of ether oxygens (including phenoxy) is 7. The molecule has 14 heteroatoms. The van der Waals surface area contributed by atoms with E-state index in [2.05, 4.69) is 4.90 Å². The molecule has 6 atom stereocenters. The number of nitrogens with zero attached hydrogens (tertiary/aromatic N) is 1. The van der Waals surface area contributed by atoms with Gasteiger partial charge in [-0.05, 0) is 78.3 Å². The van der Waals surface area contributed by atoms with Crippen molar-refractivity contribution in [3.05, 3.63) is 35.1 Å². The number of unbranched alkanes of at least 4 members (excludes halogenated alkanes) is 1. The molecule has 2 bridgehead atoms. The number of likely N-dealkylation sites (tertiary alicyclic amines) is 1. The van der Waals surface area contributed by atoms with Gasteiger partial charge in [0.15, 0.2) is 23.7 Å². The van der Waals surface area contributed by atoms with Crippen molar-refractivity contribution in [2.45, 2.75) is 121 Å². The third kappa shape index (κ3) is 6.85. The highest BCUT2D eigenvalue weighted by atomic mass is 16.7. The van der Waals surface area contributed by atoms with Crippen LogP contribution in [-0.4, -0.2) is 95.8 Å². The van der Waals surface area contributed by atoms with Gasteiger partial charge < -0.3 is 43.2 Å². The smallest absolute Gasteiger partial charge is 0.477 e. The van der Waals surface area contributed by atoms with Gasteiger partial charge in [-0.1, -0.05) is 19.4 Å². The fourth-order valence-corrected chi connectivity index (χ4v) is 7.30. The zero-order valence-electron chi connectivity index (χ0n) is 29.0. The number of hydrogen-bond acceptors (Lipinski definition) is 14. The van der Waals surface area contributed by atoms with Gasteiger partial charge in [-0.25, -0.2) is 14.4 Å². The maximum Gasteiger partial charge on any atom is 0.514 e. The Morgan fingerprint density at radius 1 is 1.10 bits per heavy atom. The average molecular weight is 688 g/mol. The number of benzene rings is 1. The van der Waals surface area contributed by atoms with E-state index in [0.29, 0.717) is 31.4 Å². The summed E-state index contributed by atoms with van der Waals surface area (Å²) in [7, 11) is 1.95. The van der Waals surface area contributed by atoms with Crippen LogP contribution in [-0.2, 0) is 54.7 Å². The SMILES string of the molecule is CCCCOC(=O)[C@H](C)OC(=O)[C@H](CC(=O)OC1=CC[C@@]2(O)[C@H]3Cc4ccc(OC(=O)OC(C)(C)C)c5c4[C@@]2(CCN3C)[C@H]1O5)OC(C)=O. The molecule has 2 heterocycles. The number of carbonyl (C=O) groups excluding carboxylic acids is 5. The predicted octanol–water partition coefficient (Wildman–Crippen LogP) is 3.42. The van der Waals surface area contributed by atoms with Gasteiger partial charge in [0.25, 0.3) is 0 Å². The number of hydrogen-bond donors (Lipinski definition) is 1. The van der Waals surface area contributed by atoms with Crippen LogP contribution >= 0.6 is 0 Å². The molecule has 0 unspecified atom stereocenters. The highest BCUT2D eigenvalue weighted by Gasteiger charge is 2.72. The van der Waals surface area contributed by atoms with Gasteiger partial charge in [0, 0.05) is 24.9 Å². The summed E-state index contributed by atoms with van der Waals surface area (Å²) in [5, 5.41) is 12.5. The molecule has 1 N–H and O–H groups in total. The van der Waals surface area contributed by atoms with E-state index in [4.69, 9.17) is 33.2 Å². The Bertz CT molecular complexity index is 1550. The first-order chi connectivity index (χ1) is 23.0. The summed E-state index contributed by atoms with van der Waals surface area (Å²) < 4.78 is 38.6. The Balaban J connectivity index is 1.39. The minimum atomic E-state index is -1.71. The summed E-state index contributed by atoms with van der Waals surface area (Å²) in [6.45, 7) is 10.2. The number of carbonyl (C=O) groups is 5. The van der Waals surface area contributed by atoms with E-state index in [1.54, 1.807) is 32.9 Å². The second-order valence-corrected chi connectivity index (χ2v) is 14.0. The van der Waals surface area contributed by atoms with E-state index < -0.39 is 71.4 Å². The summed E-state index contributed by atoms with van der Waals surface area (Å²) in [5.74, 6) is -3.26. The molecule has 49 heavy (non-hydrogen) atoms. The Kier molecular flexibility index (Phi) is 10.0. The van der Waals surface area contributed by atoms with E-state index in [9.17, 15) is 29.1 Å². The molecule has 268 valence electrons. The molecule has 4 aliphatic rings. The van der Waals surface area contributed by atoms with Crippen molar-refractivity contribution in [3.8, 4) is 11.5 Å². The molecular formula is C35H45NO13. The van der Waals surface area contributed by atoms with E-state index >= 15 is 0 Å². The van der Waals surface area contributed by atoms with Gasteiger partial charge >= 0.3 is 30.0 Å². The van der Waals surface area contributed by atoms with Crippen LogP contribution in [0.1, 0.15) is 84.8 Å². The summed E-state index contributed by atoms with van der Waals surface area (Å²) in [4.78, 5) is 65.3. The van der Waals surface area contributed by atoms with Crippen LogP contribution in [0.5, 0.6) is 11.5 Å². The Labute approximate surface area is 284 Å². The third-order valence-electron chi connectivity index (χ3n) is 9.44. The molecule has 0 radical (unpaired) electrons. The lowest BCUT2D eigenvalue weighted by Crippen LogP contribution is -2.74. The highest BCUT2D eigenvalue weighted by molar-refractivity contribution is 5.86. The number of likely N-dealkylation sites (N-methyl/N-ethyl adjacent to an activating group) is 1. The Morgan fingerprint density at radius 2 is 1.84 bits per heavy atom. The van der Waals surface area contributed by atoms with Crippen molar-refractivity contribution in [1.29, 1.82) is 0 Å². The fourth-order valence-electron chi connectivity index (χ4n) is 7.30. The number of esters is 4. The van der Waals surface area contributed by atoms with Crippen molar-refractivity contribution in [2.75, 3.05) is 20.2 Å². The lowest BCUT2D eigenvalue weighted by Gasteiger charge is -2.61. The van der Waals surface area contributed by atoms with Gasteiger partial charge in [-0.3, -0.25) is 9.59 Å². The van der Waals surface area contributed by atoms with Crippen LogP contribution < -0.4 is 9.47 Å². The highest BCUT2D eigenvalue weighted by Crippen LogP contribution is 2.65. The molecule has 0 saturated carbocycles. The molecule has 1 spiro atoms. The lowest BCUT2D eigenvalue weighted by atomic mass is 9.50. The fraction of sp³-hybridized carbons (Fsp3) is 0.629. The largest absolute Gasteiger partial charge is 0.514 e. The zero-order chi connectivity index (χ0) is 35.9. The van der Waals surface area contributed by atoms with Crippen LogP contribution in [0.25, 0.3) is 0 Å². The van der Waals surface area contributed by atoms with E-state index in [1.807, 2.05) is 20.0 Å². The van der Waals surface area contributed by atoms with E-state index in [1.165, 1.54) is 6.92 Å². The van der Waals surface area contributed by atoms with Crippen molar-refractivity contribution in [2.24, 2.45) is 0 Å². The van der Waals surface area contributed by atoms with E-state index in [-0.39, 0.29) is 36.3 Å². The normalized spacial score (nSPS) is 26.2. The molecule has 0 amide bonds. The Morgan fingerprint density at radius 3 is 2.51 bits per heavy atom. The van der Waals surface area contributed by atoms with Crippen LogP contribution in [0.3, 0.4) is 0 Å². The number of piperidine rings is 1. The van der Waals surface area contributed by atoms with Crippen LogP contribution in [0.2, 0.25) is 0 Å². The van der Waals surface area contributed by atoms with Crippen LogP contribution in [0, 0.1) is 0 Å². The van der Waals surface area contributed by atoms with Crippen molar-refractivity contribution in [1.82, 2.24) is 4.90 Å². The van der Waals surface area contributed by atoms with Gasteiger partial charge in [0.2, 0.25) is 6.10 Å². The molecule has 1 aromatic rings. The molecule has 1 fully saturated rings. The second kappa shape index (κ2) is 13.6. The molecule has 2 aliphatic heterocycles. The number of aliphatic hydroxyl groups is 1. The first-order valence-electron chi connectivity index (χ1n) is 16.6. The van der Waals surface area contributed by atoms with Crippen molar-refractivity contribution in [3.63, 3.8) is 0 Å². The van der Waals surface area contributed by atoms with Gasteiger partial charge in [0.05, 0.1) is 24.0 Å². The van der Waals surface area contributed by atoms with E-state index in [0.717, 1.165) is 18.9 Å². The quantitative estimate of drug-likeness (QED) is 0.155. The standard InChI is InChI=1S/C35H45NO13/c1-8-9-16-43-30(39)19(2)44-31(40)24(45-20(3)37)18-26(38)46-23-12-13-35(42)25-17-21-10-11-22(47-32(41)49-33(4,5)6)28-27(21)34(35,29(23)48-28)14-15-36(25)7/h10-12,19,24-25,29,42H,8-9,13-18H2,1-7H3/t19-,24-,25+,29-,34-,35+/m0/s1. The molecule has 0 aromatic heterocycles. The number of rotatable bonds is 11. The maximum atomic E-state index is 13.4. The van der Waals surface area contributed by atoms with Crippen LogP contribution in [0.4, 0.5) is 4.79 Å². The average Bonchev–Trinajstić information content (AvgIpc) is 3.36. The summed E-state index contributed by atoms with van der Waals surface area (Å²) in [5.41, 5.74) is -1.60. The van der Waals surface area contributed by atoms with Gasteiger partial charge in [-0.2, -0.15) is 0 Å². The molecule has 14 nitrogen and oxygen atoms in total. The van der Waals surface area contributed by atoms with Gasteiger partial charge in [0.1, 0.15) is 11.4 Å². The van der Waals surface area contributed by atoms with Crippen LogP contribution in [0.15, 0.2) is 24.0 Å². The lowest BCUT2D eigenvalue weighted by molar-refractivity contribution is -0.180. The first kappa shape index (κ1) is 36.1. The zero-order valence-corrected chi connectivity index (χ0v) is 29.0. The molecule has 2 aliphatic carbocycles. The van der Waals surface area contributed by atoms with Crippen molar-refractivity contribution < 1.29 is 62.2 Å². The minimum absolute atomic E-state index is 0.0908. The summed E-state index contributed by atoms with van der Waals surface area (Å²) in [6, 6.07) is 3.19. The predicted molar refractivity (Wildman–Crippen MR) is 169 cm³/mol. The monoisotopic (exact) mass is 687 g/mol. The van der Waals surface area contributed by atoms with Crippen molar-refractivity contribution >= 4 is 30.0 Å². The Hall–Kier alpha value is -4.17. The topological polar surface area (TPSA) is 173 Å². The summed E-state index contributed by atoms with van der Waals surface area (Å²) in [6.07, 6.45) is -1.59. The molecule has 1 saturated heterocycles. The summed E-state index contributed by atoms with van der Waals surface area (Å²) >= 11 is 0. The third-order valence-corrected chi connectivity index (χ3v) is 9.44. The second-order valence-electron chi connectivity index (χ2n) is 14.0. The molecular weight excluding hydrogens is 642 g/mol. The first-order valence-corrected chi connectivity index (χ1v) is 16.6. The molecule has 1 aromatic carbocycles.